The molecule has 3 aromatic carbocycles. The molecule has 6 heteroatoms. The quantitative estimate of drug-likeness (QED) is 0.355. The van der Waals surface area contributed by atoms with Gasteiger partial charge in [0, 0.05) is 21.7 Å². The number of hydrogen-bond acceptors (Lipinski definition) is 4. The molecule has 0 bridgehead atoms. The van der Waals surface area contributed by atoms with Crippen LogP contribution in [0.4, 0.5) is 5.69 Å². The number of carbonyl (C=O) groups is 2. The summed E-state index contributed by atoms with van der Waals surface area (Å²) in [4.78, 5) is 25.7. The Morgan fingerprint density at radius 3 is 2.24 bits per heavy atom. The first-order valence-electron chi connectivity index (χ1n) is 9.01. The smallest absolute Gasteiger partial charge is 0.271 e. The molecule has 5 nitrogen and oxygen atoms in total. The molecule has 2 amide bonds. The predicted molar refractivity (Wildman–Crippen MR) is 119 cm³/mol. The van der Waals surface area contributed by atoms with E-state index in [4.69, 9.17) is 0 Å². The Morgan fingerprint density at radius 2 is 1.59 bits per heavy atom. The summed E-state index contributed by atoms with van der Waals surface area (Å²) in [6.07, 6.45) is 3.61. The van der Waals surface area contributed by atoms with E-state index in [2.05, 4.69) is 15.8 Å². The Bertz CT molecular complexity index is 1030. The van der Waals surface area contributed by atoms with Crippen LogP contribution in [0.5, 0.6) is 0 Å². The number of nitrogens with one attached hydrogen (secondary N) is 2. The molecule has 0 saturated carbocycles. The highest BCUT2D eigenvalue weighted by Crippen LogP contribution is 2.15. The van der Waals surface area contributed by atoms with E-state index in [1.165, 1.54) is 4.90 Å². The molecular formula is C23H21N3O2S. The van der Waals surface area contributed by atoms with Crippen molar-refractivity contribution >= 4 is 35.5 Å². The number of aryl methyl sites for hydroxylation is 1. The number of hydrazone groups is 1. The van der Waals surface area contributed by atoms with Gasteiger partial charge in [0.1, 0.15) is 0 Å². The van der Waals surface area contributed by atoms with Gasteiger partial charge in [0.25, 0.3) is 11.8 Å². The fourth-order valence-electron chi connectivity index (χ4n) is 2.65. The minimum Gasteiger partial charge on any atom is -0.322 e. The number of hydrogen-bond donors (Lipinski definition) is 2. The standard InChI is InChI=1S/C23H21N3O2S/c1-16-5-3-4-6-21(16)23(28)25-19-11-9-18(10-12-19)22(27)26-24-15-17-7-13-20(29-2)14-8-17/h3-15H,1-2H3,(H,25,28)(H,26,27). The van der Waals surface area contributed by atoms with Crippen LogP contribution in [0, 0.1) is 6.92 Å². The summed E-state index contributed by atoms with van der Waals surface area (Å²) in [5.74, 6) is -0.504. The zero-order valence-electron chi connectivity index (χ0n) is 16.2. The molecule has 0 unspecified atom stereocenters. The fraction of sp³-hybridized carbons (Fsp3) is 0.0870. The van der Waals surface area contributed by atoms with Crippen LogP contribution in [0.25, 0.3) is 0 Å². The number of thioether (sulfide) groups is 1. The number of amides is 2. The lowest BCUT2D eigenvalue weighted by atomic mass is 10.1. The molecule has 0 atom stereocenters. The third-order valence-corrected chi connectivity index (χ3v) is 5.03. The van der Waals surface area contributed by atoms with Crippen LogP contribution in [0.3, 0.4) is 0 Å². The first kappa shape index (κ1) is 20.4. The summed E-state index contributed by atoms with van der Waals surface area (Å²) in [7, 11) is 0. The van der Waals surface area contributed by atoms with Crippen LogP contribution in [-0.4, -0.2) is 24.3 Å². The molecule has 29 heavy (non-hydrogen) atoms. The van der Waals surface area contributed by atoms with E-state index in [0.29, 0.717) is 16.8 Å². The Hall–Kier alpha value is -3.38. The van der Waals surface area contributed by atoms with Crippen LogP contribution in [0.1, 0.15) is 31.8 Å². The van der Waals surface area contributed by atoms with Gasteiger partial charge in [-0.1, -0.05) is 30.3 Å². The molecule has 146 valence electrons. The Balaban J connectivity index is 1.57. The van der Waals surface area contributed by atoms with Crippen molar-refractivity contribution in [3.8, 4) is 0 Å². The SMILES string of the molecule is CSc1ccc(C=NNC(=O)c2ccc(NC(=O)c3ccccc3C)cc2)cc1. The molecule has 3 aromatic rings. The van der Waals surface area contributed by atoms with Gasteiger partial charge in [-0.25, -0.2) is 5.43 Å². The first-order valence-corrected chi connectivity index (χ1v) is 10.2. The largest absolute Gasteiger partial charge is 0.322 e. The summed E-state index contributed by atoms with van der Waals surface area (Å²) < 4.78 is 0. The van der Waals surface area contributed by atoms with Gasteiger partial charge >= 0.3 is 0 Å². The van der Waals surface area contributed by atoms with E-state index in [1.54, 1.807) is 48.3 Å². The van der Waals surface area contributed by atoms with Crippen LogP contribution in [0.2, 0.25) is 0 Å². The maximum atomic E-state index is 12.4. The van der Waals surface area contributed by atoms with E-state index >= 15 is 0 Å². The maximum absolute atomic E-state index is 12.4. The van der Waals surface area contributed by atoms with E-state index in [0.717, 1.165) is 11.1 Å². The summed E-state index contributed by atoms with van der Waals surface area (Å²) in [5, 5.41) is 6.83. The molecule has 0 heterocycles. The van der Waals surface area contributed by atoms with Crippen LogP contribution in [0.15, 0.2) is 82.8 Å². The Labute approximate surface area is 174 Å². The highest BCUT2D eigenvalue weighted by molar-refractivity contribution is 7.98. The highest BCUT2D eigenvalue weighted by atomic mass is 32.2. The molecular weight excluding hydrogens is 382 g/mol. The van der Waals surface area contributed by atoms with E-state index in [1.807, 2.05) is 55.6 Å². The van der Waals surface area contributed by atoms with Crippen molar-refractivity contribution in [3.05, 3.63) is 95.1 Å². The van der Waals surface area contributed by atoms with Gasteiger partial charge in [-0.2, -0.15) is 5.10 Å². The average Bonchev–Trinajstić information content (AvgIpc) is 2.75. The Morgan fingerprint density at radius 1 is 0.897 bits per heavy atom. The summed E-state index contributed by atoms with van der Waals surface area (Å²) in [5.41, 5.74) is 6.00. The van der Waals surface area contributed by atoms with Crippen LogP contribution in [-0.2, 0) is 0 Å². The third-order valence-electron chi connectivity index (χ3n) is 4.29. The molecule has 0 fully saturated rings. The van der Waals surface area contributed by atoms with Gasteiger partial charge < -0.3 is 5.32 Å². The minimum atomic E-state index is -0.321. The van der Waals surface area contributed by atoms with Gasteiger partial charge in [-0.15, -0.1) is 11.8 Å². The molecule has 0 radical (unpaired) electrons. The van der Waals surface area contributed by atoms with E-state index in [9.17, 15) is 9.59 Å². The molecule has 0 spiro atoms. The molecule has 0 saturated heterocycles. The van der Waals surface area contributed by atoms with Crippen molar-refractivity contribution in [2.24, 2.45) is 5.10 Å². The predicted octanol–water partition coefficient (Wildman–Crippen LogP) is 4.73. The first-order chi connectivity index (χ1) is 14.1. The number of rotatable bonds is 6. The van der Waals surface area contributed by atoms with E-state index < -0.39 is 0 Å². The van der Waals surface area contributed by atoms with Crippen molar-refractivity contribution in [3.63, 3.8) is 0 Å². The number of nitrogens with zero attached hydrogens (tertiary/aromatic N) is 1. The van der Waals surface area contributed by atoms with Crippen molar-refractivity contribution in [2.75, 3.05) is 11.6 Å². The molecule has 0 aromatic heterocycles. The molecule has 0 aliphatic rings. The molecule has 0 aliphatic carbocycles. The van der Waals surface area contributed by atoms with Gasteiger partial charge in [-0.3, -0.25) is 9.59 Å². The van der Waals surface area contributed by atoms with Gasteiger partial charge in [0.15, 0.2) is 0 Å². The second kappa shape index (κ2) is 9.71. The van der Waals surface area contributed by atoms with Crippen molar-refractivity contribution in [2.45, 2.75) is 11.8 Å². The summed E-state index contributed by atoms with van der Waals surface area (Å²) in [6.45, 7) is 1.89. The summed E-state index contributed by atoms with van der Waals surface area (Å²) >= 11 is 1.67. The van der Waals surface area contributed by atoms with Crippen LogP contribution < -0.4 is 10.7 Å². The maximum Gasteiger partial charge on any atom is 0.271 e. The minimum absolute atomic E-state index is 0.183. The van der Waals surface area contributed by atoms with Gasteiger partial charge in [0.05, 0.1) is 6.21 Å². The number of benzene rings is 3. The molecule has 2 N–H and O–H groups in total. The lowest BCUT2D eigenvalue weighted by Gasteiger charge is -2.08. The normalized spacial score (nSPS) is 10.7. The van der Waals surface area contributed by atoms with Crippen LogP contribution >= 0.6 is 11.8 Å². The third kappa shape index (κ3) is 5.56. The molecule has 0 aliphatic heterocycles. The second-order valence-corrected chi connectivity index (χ2v) is 7.20. The average molecular weight is 404 g/mol. The number of carbonyl (C=O) groups excluding carboxylic acids is 2. The fourth-order valence-corrected chi connectivity index (χ4v) is 3.06. The van der Waals surface area contributed by atoms with E-state index in [-0.39, 0.29) is 11.8 Å². The highest BCUT2D eigenvalue weighted by Gasteiger charge is 2.09. The second-order valence-electron chi connectivity index (χ2n) is 6.32. The lowest BCUT2D eigenvalue weighted by molar-refractivity contribution is 0.0954. The number of anilines is 1. The van der Waals surface area contributed by atoms with Crippen molar-refractivity contribution in [1.82, 2.24) is 5.43 Å². The molecule has 3 rings (SSSR count). The van der Waals surface area contributed by atoms with Crippen molar-refractivity contribution in [1.29, 1.82) is 0 Å². The Kier molecular flexibility index (Phi) is 6.81. The van der Waals surface area contributed by atoms with Gasteiger partial charge in [0.2, 0.25) is 0 Å². The zero-order chi connectivity index (χ0) is 20.6. The van der Waals surface area contributed by atoms with Crippen molar-refractivity contribution < 1.29 is 9.59 Å². The zero-order valence-corrected chi connectivity index (χ0v) is 17.0. The monoisotopic (exact) mass is 403 g/mol. The van der Waals surface area contributed by atoms with Gasteiger partial charge in [-0.05, 0) is 66.8 Å². The topological polar surface area (TPSA) is 70.6 Å². The summed E-state index contributed by atoms with van der Waals surface area (Å²) in [6, 6.07) is 21.9. The lowest BCUT2D eigenvalue weighted by Crippen LogP contribution is -2.18.